The normalized spacial score (nSPS) is 18.1. The zero-order valence-electron chi connectivity index (χ0n) is 12.2. The average molecular weight is 285 g/mol. The molecule has 0 bridgehead atoms. The van der Waals surface area contributed by atoms with E-state index in [1.165, 1.54) is 17.7 Å². The van der Waals surface area contributed by atoms with Crippen LogP contribution in [0, 0.1) is 5.82 Å². The second-order valence-corrected chi connectivity index (χ2v) is 5.46. The number of likely N-dealkylation sites (N-methyl/N-ethyl adjacent to an activating group) is 1. The molecule has 1 N–H and O–H groups in total. The maximum Gasteiger partial charge on any atom is 0.123 e. The summed E-state index contributed by atoms with van der Waals surface area (Å²) in [6.45, 7) is 2.99. The van der Waals surface area contributed by atoms with Gasteiger partial charge in [-0.05, 0) is 42.3 Å². The molecule has 0 amide bonds. The number of para-hydroxylation sites is 1. The Morgan fingerprint density at radius 1 is 1.19 bits per heavy atom. The summed E-state index contributed by atoms with van der Waals surface area (Å²) >= 11 is 0. The number of halogens is 1. The molecular formula is C18H20FNO. The number of ether oxygens (including phenoxy) is 1. The van der Waals surface area contributed by atoms with E-state index in [-0.39, 0.29) is 18.0 Å². The fourth-order valence-corrected chi connectivity index (χ4v) is 2.90. The molecular weight excluding hydrogens is 265 g/mol. The summed E-state index contributed by atoms with van der Waals surface area (Å²) in [7, 11) is 0. The Kier molecular flexibility index (Phi) is 4.20. The van der Waals surface area contributed by atoms with E-state index in [4.69, 9.17) is 4.74 Å². The van der Waals surface area contributed by atoms with Crippen molar-refractivity contribution in [2.75, 3.05) is 6.54 Å². The van der Waals surface area contributed by atoms with Crippen LogP contribution in [0.4, 0.5) is 4.39 Å². The van der Waals surface area contributed by atoms with E-state index < -0.39 is 0 Å². The monoisotopic (exact) mass is 285 g/mol. The van der Waals surface area contributed by atoms with Crippen molar-refractivity contribution < 1.29 is 9.13 Å². The highest BCUT2D eigenvalue weighted by molar-refractivity contribution is 5.38. The van der Waals surface area contributed by atoms with Crippen LogP contribution in [-0.2, 0) is 12.8 Å². The Bertz CT molecular complexity index is 571. The van der Waals surface area contributed by atoms with Gasteiger partial charge in [-0.25, -0.2) is 4.39 Å². The van der Waals surface area contributed by atoms with Crippen molar-refractivity contribution in [3.63, 3.8) is 0 Å². The van der Waals surface area contributed by atoms with E-state index in [2.05, 4.69) is 18.3 Å². The molecule has 0 fully saturated rings. The molecule has 1 aliphatic heterocycles. The molecule has 0 aliphatic carbocycles. The molecule has 2 aromatic carbocycles. The number of fused-ring (bicyclic) bond motifs is 1. The number of benzene rings is 2. The summed E-state index contributed by atoms with van der Waals surface area (Å²) in [4.78, 5) is 0. The van der Waals surface area contributed by atoms with E-state index in [1.807, 2.05) is 30.3 Å². The highest BCUT2D eigenvalue weighted by Gasteiger charge is 2.29. The molecule has 0 radical (unpaired) electrons. The Hall–Kier alpha value is -1.87. The van der Waals surface area contributed by atoms with Crippen LogP contribution in [0.1, 0.15) is 18.1 Å². The lowest BCUT2D eigenvalue weighted by Crippen LogP contribution is -2.44. The third kappa shape index (κ3) is 3.24. The van der Waals surface area contributed by atoms with Gasteiger partial charge in [-0.15, -0.1) is 0 Å². The van der Waals surface area contributed by atoms with Crippen LogP contribution >= 0.6 is 0 Å². The van der Waals surface area contributed by atoms with Gasteiger partial charge >= 0.3 is 0 Å². The van der Waals surface area contributed by atoms with Gasteiger partial charge in [0, 0.05) is 12.5 Å². The number of hydrogen-bond donors (Lipinski definition) is 1. The lowest BCUT2D eigenvalue weighted by molar-refractivity contribution is 0.178. The maximum atomic E-state index is 13.0. The molecule has 2 nitrogen and oxygen atoms in total. The van der Waals surface area contributed by atoms with Crippen molar-refractivity contribution in [1.29, 1.82) is 0 Å². The minimum Gasteiger partial charge on any atom is -0.488 e. The second kappa shape index (κ2) is 6.27. The van der Waals surface area contributed by atoms with Gasteiger partial charge in [0.2, 0.25) is 0 Å². The number of rotatable bonds is 5. The van der Waals surface area contributed by atoms with Crippen molar-refractivity contribution in [3.8, 4) is 5.75 Å². The van der Waals surface area contributed by atoms with Crippen molar-refractivity contribution in [1.82, 2.24) is 5.32 Å². The highest BCUT2D eigenvalue weighted by Crippen LogP contribution is 2.30. The topological polar surface area (TPSA) is 21.3 Å². The van der Waals surface area contributed by atoms with Gasteiger partial charge in [0.15, 0.2) is 0 Å². The van der Waals surface area contributed by atoms with Gasteiger partial charge in [0.25, 0.3) is 0 Å². The fraction of sp³-hybridized carbons (Fsp3) is 0.333. The van der Waals surface area contributed by atoms with E-state index in [0.29, 0.717) is 0 Å². The molecule has 21 heavy (non-hydrogen) atoms. The van der Waals surface area contributed by atoms with Crippen LogP contribution in [-0.4, -0.2) is 18.7 Å². The molecule has 2 unspecified atom stereocenters. The predicted octanol–water partition coefficient (Wildman–Crippen LogP) is 3.35. The van der Waals surface area contributed by atoms with Crippen molar-refractivity contribution in [3.05, 3.63) is 65.5 Å². The van der Waals surface area contributed by atoms with Gasteiger partial charge in [0.1, 0.15) is 17.7 Å². The summed E-state index contributed by atoms with van der Waals surface area (Å²) in [6.07, 6.45) is 1.90. The Labute approximate surface area is 125 Å². The van der Waals surface area contributed by atoms with Gasteiger partial charge in [0.05, 0.1) is 0 Å². The Morgan fingerprint density at radius 3 is 2.67 bits per heavy atom. The summed E-state index contributed by atoms with van der Waals surface area (Å²) in [5.41, 5.74) is 2.39. The molecule has 0 saturated carbocycles. The van der Waals surface area contributed by atoms with Gasteiger partial charge < -0.3 is 10.1 Å². The standard InChI is InChI=1S/C18H20FNO/c1-2-20-16(11-13-7-9-15(19)10-8-13)18-12-14-5-3-4-6-17(14)21-18/h3-10,16,18,20H,2,11-12H2,1H3. The molecule has 0 saturated heterocycles. The first-order chi connectivity index (χ1) is 10.3. The summed E-state index contributed by atoms with van der Waals surface area (Å²) in [6, 6.07) is 15.2. The smallest absolute Gasteiger partial charge is 0.123 e. The van der Waals surface area contributed by atoms with Gasteiger partial charge in [-0.3, -0.25) is 0 Å². The van der Waals surface area contributed by atoms with Crippen molar-refractivity contribution >= 4 is 0 Å². The van der Waals surface area contributed by atoms with Crippen molar-refractivity contribution in [2.45, 2.75) is 31.9 Å². The Balaban J connectivity index is 1.72. The second-order valence-electron chi connectivity index (χ2n) is 5.46. The zero-order valence-corrected chi connectivity index (χ0v) is 12.2. The largest absolute Gasteiger partial charge is 0.488 e. The fourth-order valence-electron chi connectivity index (χ4n) is 2.90. The van der Waals surface area contributed by atoms with Crippen LogP contribution in [0.15, 0.2) is 48.5 Å². The third-order valence-electron chi connectivity index (χ3n) is 3.96. The third-order valence-corrected chi connectivity index (χ3v) is 3.96. The number of hydrogen-bond acceptors (Lipinski definition) is 2. The first-order valence-corrected chi connectivity index (χ1v) is 7.48. The lowest BCUT2D eigenvalue weighted by Gasteiger charge is -2.24. The highest BCUT2D eigenvalue weighted by atomic mass is 19.1. The van der Waals surface area contributed by atoms with Crippen LogP contribution in [0.3, 0.4) is 0 Å². The molecule has 0 spiro atoms. The van der Waals surface area contributed by atoms with Crippen LogP contribution in [0.2, 0.25) is 0 Å². The summed E-state index contributed by atoms with van der Waals surface area (Å²) in [5.74, 6) is 0.799. The molecule has 1 aliphatic rings. The molecule has 1 heterocycles. The van der Waals surface area contributed by atoms with Crippen LogP contribution < -0.4 is 10.1 Å². The predicted molar refractivity (Wildman–Crippen MR) is 82.1 cm³/mol. The average Bonchev–Trinajstić information content (AvgIpc) is 2.93. The molecule has 0 aromatic heterocycles. The molecule has 3 heteroatoms. The first kappa shape index (κ1) is 14.1. The minimum atomic E-state index is -0.191. The maximum absolute atomic E-state index is 13.0. The SMILES string of the molecule is CCNC(Cc1ccc(F)cc1)C1Cc2ccccc2O1. The molecule has 2 atom stereocenters. The van der Waals surface area contributed by atoms with E-state index in [0.717, 1.165) is 30.7 Å². The molecule has 3 rings (SSSR count). The number of nitrogens with one attached hydrogen (secondary N) is 1. The minimum absolute atomic E-state index is 0.132. The quantitative estimate of drug-likeness (QED) is 0.909. The summed E-state index contributed by atoms with van der Waals surface area (Å²) < 4.78 is 19.1. The van der Waals surface area contributed by atoms with Crippen LogP contribution in [0.5, 0.6) is 5.75 Å². The summed E-state index contributed by atoms with van der Waals surface area (Å²) in [5, 5.41) is 3.50. The zero-order chi connectivity index (χ0) is 14.7. The van der Waals surface area contributed by atoms with Crippen LogP contribution in [0.25, 0.3) is 0 Å². The van der Waals surface area contributed by atoms with Gasteiger partial charge in [-0.1, -0.05) is 37.3 Å². The molecule has 110 valence electrons. The van der Waals surface area contributed by atoms with E-state index in [9.17, 15) is 4.39 Å². The molecule has 2 aromatic rings. The van der Waals surface area contributed by atoms with Gasteiger partial charge in [-0.2, -0.15) is 0 Å². The lowest BCUT2D eigenvalue weighted by atomic mass is 9.98. The van der Waals surface area contributed by atoms with Crippen molar-refractivity contribution in [2.24, 2.45) is 0 Å². The van der Waals surface area contributed by atoms with E-state index >= 15 is 0 Å². The Morgan fingerprint density at radius 2 is 1.95 bits per heavy atom. The van der Waals surface area contributed by atoms with E-state index in [1.54, 1.807) is 0 Å². The first-order valence-electron chi connectivity index (χ1n) is 7.48.